The van der Waals surface area contributed by atoms with Gasteiger partial charge in [0.2, 0.25) is 0 Å². The minimum atomic E-state index is 0.994. The second kappa shape index (κ2) is 5.80. The highest BCUT2D eigenvalue weighted by atomic mass is 14.0. The largest absolute Gasteiger partial charge is 0.0654 e. The van der Waals surface area contributed by atoms with Crippen molar-refractivity contribution in [2.24, 2.45) is 0 Å². The van der Waals surface area contributed by atoms with E-state index in [-0.39, 0.29) is 0 Å². The second-order valence-corrected chi connectivity index (χ2v) is 3.52. The van der Waals surface area contributed by atoms with Gasteiger partial charge in [-0.15, -0.1) is 0 Å². The first kappa shape index (κ1) is 10.3. The maximum atomic E-state index is 3.85. The number of unbranched alkanes of at least 4 members (excludes halogenated alkanes) is 1. The van der Waals surface area contributed by atoms with Crippen LogP contribution in [0.5, 0.6) is 0 Å². The van der Waals surface area contributed by atoms with E-state index in [2.05, 4.69) is 38.1 Å². The summed E-state index contributed by atoms with van der Waals surface area (Å²) in [6, 6.07) is 8.97. The van der Waals surface area contributed by atoms with E-state index >= 15 is 0 Å². The van der Waals surface area contributed by atoms with Gasteiger partial charge in [0.05, 0.1) is 0 Å². The molecule has 0 spiro atoms. The Labute approximate surface area is 82.0 Å². The normalized spacial score (nSPS) is 10.3. The van der Waals surface area contributed by atoms with E-state index in [9.17, 15) is 0 Å². The molecule has 0 atom stereocenters. The number of rotatable bonds is 5. The molecule has 0 aromatic heterocycles. The molecule has 1 aromatic carbocycles. The Bertz CT molecular complexity index is 220. The lowest BCUT2D eigenvalue weighted by Crippen LogP contribution is -1.87. The van der Waals surface area contributed by atoms with Crippen LogP contribution in [-0.4, -0.2) is 0 Å². The Morgan fingerprint density at radius 2 is 1.54 bits per heavy atom. The average molecular weight is 175 g/mol. The van der Waals surface area contributed by atoms with Crippen molar-refractivity contribution < 1.29 is 0 Å². The first-order chi connectivity index (χ1) is 6.36. The lowest BCUT2D eigenvalue weighted by atomic mass is 10.0. The maximum absolute atomic E-state index is 3.85. The van der Waals surface area contributed by atoms with Crippen LogP contribution in [0, 0.1) is 6.92 Å². The van der Waals surface area contributed by atoms with E-state index in [1.165, 1.54) is 30.4 Å². The summed E-state index contributed by atoms with van der Waals surface area (Å²) in [6.07, 6.45) is 5.90. The molecule has 0 saturated carbocycles. The standard InChI is InChI=1S/C13H19/c1-3-5-7-13-10-8-12(6-4-2)9-11-13/h8-11H,2-7H2,1H3. The van der Waals surface area contributed by atoms with Gasteiger partial charge in [0.1, 0.15) is 0 Å². The zero-order chi connectivity index (χ0) is 9.52. The summed E-state index contributed by atoms with van der Waals surface area (Å²) in [5.74, 6) is 0. The third-order valence-corrected chi connectivity index (χ3v) is 2.31. The van der Waals surface area contributed by atoms with Gasteiger partial charge in [0.15, 0.2) is 0 Å². The summed E-state index contributed by atoms with van der Waals surface area (Å²) < 4.78 is 0. The lowest BCUT2D eigenvalue weighted by Gasteiger charge is -2.02. The topological polar surface area (TPSA) is 0 Å². The van der Waals surface area contributed by atoms with Crippen molar-refractivity contribution in [1.82, 2.24) is 0 Å². The van der Waals surface area contributed by atoms with Crippen LogP contribution in [0.15, 0.2) is 24.3 Å². The number of hydrogen-bond acceptors (Lipinski definition) is 0. The molecule has 0 amide bonds. The minimum Gasteiger partial charge on any atom is -0.0654 e. The smallest absolute Gasteiger partial charge is 0.0279 e. The molecule has 0 aliphatic rings. The van der Waals surface area contributed by atoms with Gasteiger partial charge in [-0.2, -0.15) is 0 Å². The lowest BCUT2D eigenvalue weighted by molar-refractivity contribution is 0.794. The van der Waals surface area contributed by atoms with Crippen molar-refractivity contribution in [2.45, 2.75) is 39.0 Å². The van der Waals surface area contributed by atoms with E-state index in [1.807, 2.05) is 0 Å². The Hall–Kier alpha value is -0.780. The molecule has 0 saturated heterocycles. The van der Waals surface area contributed by atoms with Crippen LogP contribution in [0.3, 0.4) is 0 Å². The molecular weight excluding hydrogens is 156 g/mol. The molecule has 0 heterocycles. The van der Waals surface area contributed by atoms with Gasteiger partial charge >= 0.3 is 0 Å². The number of aryl methyl sites for hydroxylation is 2. The van der Waals surface area contributed by atoms with Gasteiger partial charge in [-0.1, -0.05) is 44.5 Å². The molecule has 71 valence electrons. The van der Waals surface area contributed by atoms with Gasteiger partial charge in [-0.3, -0.25) is 0 Å². The van der Waals surface area contributed by atoms with Crippen LogP contribution < -0.4 is 0 Å². The van der Waals surface area contributed by atoms with E-state index in [0.29, 0.717) is 0 Å². The Morgan fingerprint density at radius 3 is 2.00 bits per heavy atom. The fourth-order valence-corrected chi connectivity index (χ4v) is 1.46. The van der Waals surface area contributed by atoms with Gasteiger partial charge in [-0.05, 0) is 36.8 Å². The van der Waals surface area contributed by atoms with E-state index in [1.54, 1.807) is 0 Å². The summed E-state index contributed by atoms with van der Waals surface area (Å²) >= 11 is 0. The molecule has 1 rings (SSSR count). The summed E-state index contributed by atoms with van der Waals surface area (Å²) in [6.45, 7) is 6.09. The Kier molecular flexibility index (Phi) is 4.59. The highest BCUT2D eigenvalue weighted by Gasteiger charge is 1.93. The summed E-state index contributed by atoms with van der Waals surface area (Å²) in [7, 11) is 0. The Morgan fingerprint density at radius 1 is 1.00 bits per heavy atom. The third-order valence-electron chi connectivity index (χ3n) is 2.31. The highest BCUT2D eigenvalue weighted by molar-refractivity contribution is 5.22. The molecule has 13 heavy (non-hydrogen) atoms. The van der Waals surface area contributed by atoms with Crippen LogP contribution in [0.25, 0.3) is 0 Å². The first-order valence-corrected chi connectivity index (χ1v) is 5.24. The minimum absolute atomic E-state index is 0.994. The zero-order valence-electron chi connectivity index (χ0n) is 8.55. The van der Waals surface area contributed by atoms with Crippen LogP contribution in [0.1, 0.15) is 37.3 Å². The predicted octanol–water partition coefficient (Wildman–Crippen LogP) is 3.80. The van der Waals surface area contributed by atoms with Gasteiger partial charge in [0, 0.05) is 0 Å². The van der Waals surface area contributed by atoms with Crippen LogP contribution >= 0.6 is 0 Å². The molecule has 1 aromatic rings. The Balaban J connectivity index is 2.48. The van der Waals surface area contributed by atoms with Crippen molar-refractivity contribution in [2.75, 3.05) is 0 Å². The molecule has 0 bridgehead atoms. The summed E-state index contributed by atoms with van der Waals surface area (Å²) in [4.78, 5) is 0. The molecule has 0 aliphatic heterocycles. The summed E-state index contributed by atoms with van der Waals surface area (Å²) in [5.41, 5.74) is 2.88. The van der Waals surface area contributed by atoms with Crippen LogP contribution in [0.4, 0.5) is 0 Å². The highest BCUT2D eigenvalue weighted by Crippen LogP contribution is 2.09. The molecular formula is C13H19. The van der Waals surface area contributed by atoms with Crippen molar-refractivity contribution in [3.63, 3.8) is 0 Å². The van der Waals surface area contributed by atoms with E-state index in [0.717, 1.165) is 12.8 Å². The molecule has 0 fully saturated rings. The van der Waals surface area contributed by atoms with Gasteiger partial charge in [0.25, 0.3) is 0 Å². The third kappa shape index (κ3) is 3.63. The van der Waals surface area contributed by atoms with E-state index in [4.69, 9.17) is 0 Å². The fraction of sp³-hybridized carbons (Fsp3) is 0.462. The van der Waals surface area contributed by atoms with Gasteiger partial charge in [-0.25, -0.2) is 0 Å². The van der Waals surface area contributed by atoms with Gasteiger partial charge < -0.3 is 0 Å². The monoisotopic (exact) mass is 175 g/mol. The molecule has 0 heteroatoms. The molecule has 0 nitrogen and oxygen atoms in total. The number of benzene rings is 1. The van der Waals surface area contributed by atoms with Crippen molar-refractivity contribution >= 4 is 0 Å². The second-order valence-electron chi connectivity index (χ2n) is 3.52. The SMILES string of the molecule is [CH2]CCc1ccc(CCCC)cc1. The number of hydrogen-bond donors (Lipinski definition) is 0. The maximum Gasteiger partial charge on any atom is -0.0279 e. The first-order valence-electron chi connectivity index (χ1n) is 5.24. The quantitative estimate of drug-likeness (QED) is 0.638. The predicted molar refractivity (Wildman–Crippen MR) is 58.7 cm³/mol. The average Bonchev–Trinajstić information content (AvgIpc) is 2.17. The van der Waals surface area contributed by atoms with Crippen LogP contribution in [-0.2, 0) is 12.8 Å². The van der Waals surface area contributed by atoms with Crippen LogP contribution in [0.2, 0.25) is 0 Å². The molecule has 0 unspecified atom stereocenters. The molecule has 0 aliphatic carbocycles. The zero-order valence-corrected chi connectivity index (χ0v) is 8.55. The molecule has 0 N–H and O–H groups in total. The van der Waals surface area contributed by atoms with Crippen molar-refractivity contribution in [3.8, 4) is 0 Å². The van der Waals surface area contributed by atoms with E-state index < -0.39 is 0 Å². The molecule has 1 radical (unpaired) electrons. The summed E-state index contributed by atoms with van der Waals surface area (Å²) in [5, 5.41) is 0. The van der Waals surface area contributed by atoms with Crippen molar-refractivity contribution in [1.29, 1.82) is 0 Å². The fourth-order valence-electron chi connectivity index (χ4n) is 1.46. The van der Waals surface area contributed by atoms with Crippen molar-refractivity contribution in [3.05, 3.63) is 42.3 Å².